The summed E-state index contributed by atoms with van der Waals surface area (Å²) in [5.74, 6) is 1.48. The van der Waals surface area contributed by atoms with Crippen LogP contribution in [0.4, 0.5) is 0 Å². The van der Waals surface area contributed by atoms with Gasteiger partial charge < -0.3 is 0 Å². The Morgan fingerprint density at radius 1 is 1.15 bits per heavy atom. The molecule has 0 aromatic carbocycles. The van der Waals surface area contributed by atoms with Gasteiger partial charge in [0, 0.05) is 5.92 Å². The Kier molecular flexibility index (Phi) is 4.47. The summed E-state index contributed by atoms with van der Waals surface area (Å²) in [6, 6.07) is 0. The van der Waals surface area contributed by atoms with E-state index in [1.807, 2.05) is 0 Å². The quantitative estimate of drug-likeness (QED) is 0.638. The molecular weight excluding hydrogens is 160 g/mol. The van der Waals surface area contributed by atoms with Crippen LogP contribution in [-0.4, -0.2) is 5.78 Å². The third-order valence-corrected chi connectivity index (χ3v) is 3.46. The van der Waals surface area contributed by atoms with Gasteiger partial charge in [-0.05, 0) is 25.7 Å². The monoisotopic (exact) mass is 182 g/mol. The summed E-state index contributed by atoms with van der Waals surface area (Å²) in [5, 5.41) is 0. The van der Waals surface area contributed by atoms with E-state index in [4.69, 9.17) is 0 Å². The molecule has 0 radical (unpaired) electrons. The first-order valence-corrected chi connectivity index (χ1v) is 5.76. The van der Waals surface area contributed by atoms with Gasteiger partial charge in [-0.2, -0.15) is 0 Å². The maximum atomic E-state index is 11.4. The fourth-order valence-corrected chi connectivity index (χ4v) is 2.59. The molecule has 13 heavy (non-hydrogen) atoms. The molecular formula is C12H22O. The average molecular weight is 182 g/mol. The van der Waals surface area contributed by atoms with Gasteiger partial charge in [-0.25, -0.2) is 0 Å². The fraction of sp³-hybridized carbons (Fsp3) is 0.917. The van der Waals surface area contributed by atoms with Crippen molar-refractivity contribution < 1.29 is 4.79 Å². The second-order valence-corrected chi connectivity index (χ2v) is 4.38. The number of hydrogen-bond acceptors (Lipinski definition) is 1. The van der Waals surface area contributed by atoms with Crippen molar-refractivity contribution in [1.29, 1.82) is 0 Å². The second-order valence-electron chi connectivity index (χ2n) is 4.38. The predicted octanol–water partition coefficient (Wildman–Crippen LogP) is 3.57. The van der Waals surface area contributed by atoms with Crippen LogP contribution in [0.15, 0.2) is 0 Å². The predicted molar refractivity (Wildman–Crippen MR) is 55.7 cm³/mol. The van der Waals surface area contributed by atoms with Gasteiger partial charge in [-0.15, -0.1) is 0 Å². The Balaban J connectivity index is 2.55. The molecule has 0 N–H and O–H groups in total. The number of Topliss-reactive ketones (excluding diaryl/α,β-unsaturated/α-hetero) is 1. The van der Waals surface area contributed by atoms with Gasteiger partial charge in [0.15, 0.2) is 0 Å². The molecule has 0 aliphatic heterocycles. The smallest absolute Gasteiger partial charge is 0.133 e. The first kappa shape index (κ1) is 10.7. The van der Waals surface area contributed by atoms with E-state index < -0.39 is 0 Å². The van der Waals surface area contributed by atoms with E-state index >= 15 is 0 Å². The molecule has 76 valence electrons. The maximum absolute atomic E-state index is 11.4. The van der Waals surface area contributed by atoms with Crippen LogP contribution in [0.2, 0.25) is 0 Å². The Morgan fingerprint density at radius 2 is 1.77 bits per heavy atom. The molecule has 0 saturated heterocycles. The van der Waals surface area contributed by atoms with Crippen LogP contribution < -0.4 is 0 Å². The zero-order valence-electron chi connectivity index (χ0n) is 9.01. The van der Waals surface area contributed by atoms with E-state index in [9.17, 15) is 4.79 Å². The van der Waals surface area contributed by atoms with Crippen LogP contribution in [0.3, 0.4) is 0 Å². The van der Waals surface area contributed by atoms with Crippen molar-refractivity contribution in [3.63, 3.8) is 0 Å². The molecule has 0 bridgehead atoms. The highest BCUT2D eigenvalue weighted by Gasteiger charge is 2.24. The van der Waals surface area contributed by atoms with E-state index in [0.29, 0.717) is 17.6 Å². The maximum Gasteiger partial charge on any atom is 0.133 e. The Morgan fingerprint density at radius 3 is 2.31 bits per heavy atom. The van der Waals surface area contributed by atoms with E-state index in [1.54, 1.807) is 6.92 Å². The van der Waals surface area contributed by atoms with Crippen molar-refractivity contribution in [2.45, 2.75) is 58.8 Å². The first-order valence-electron chi connectivity index (χ1n) is 5.76. The molecule has 1 nitrogen and oxygen atoms in total. The van der Waals surface area contributed by atoms with Gasteiger partial charge in [-0.3, -0.25) is 4.79 Å². The molecule has 1 heteroatoms. The Hall–Kier alpha value is -0.330. The van der Waals surface area contributed by atoms with Crippen molar-refractivity contribution in [3.05, 3.63) is 0 Å². The molecule has 1 aliphatic carbocycles. The standard InChI is InChI=1S/C12H22O/c1-3-11-8-6-4-5-7-9-12(11)10(2)13/h11-12H,3-9H2,1-2H3/t11?,12-/m0/s1. The van der Waals surface area contributed by atoms with E-state index in [0.717, 1.165) is 6.42 Å². The normalized spacial score (nSPS) is 30.6. The van der Waals surface area contributed by atoms with Crippen LogP contribution in [0.5, 0.6) is 0 Å². The average Bonchev–Trinajstić information content (AvgIpc) is 2.03. The number of carbonyl (C=O) groups is 1. The highest BCUT2D eigenvalue weighted by molar-refractivity contribution is 5.78. The molecule has 1 saturated carbocycles. The van der Waals surface area contributed by atoms with Gasteiger partial charge >= 0.3 is 0 Å². The van der Waals surface area contributed by atoms with Crippen LogP contribution in [-0.2, 0) is 4.79 Å². The lowest BCUT2D eigenvalue weighted by atomic mass is 9.78. The zero-order valence-corrected chi connectivity index (χ0v) is 9.01. The summed E-state index contributed by atoms with van der Waals surface area (Å²) in [7, 11) is 0. The van der Waals surface area contributed by atoms with E-state index in [2.05, 4.69) is 6.92 Å². The van der Waals surface area contributed by atoms with Gasteiger partial charge in [-0.1, -0.05) is 39.0 Å². The zero-order chi connectivity index (χ0) is 9.68. The van der Waals surface area contributed by atoms with E-state index in [1.165, 1.54) is 38.5 Å². The van der Waals surface area contributed by atoms with Crippen molar-refractivity contribution in [1.82, 2.24) is 0 Å². The van der Waals surface area contributed by atoms with Crippen LogP contribution in [0.1, 0.15) is 58.8 Å². The minimum Gasteiger partial charge on any atom is -0.300 e. The van der Waals surface area contributed by atoms with Gasteiger partial charge in [0.25, 0.3) is 0 Å². The van der Waals surface area contributed by atoms with Crippen LogP contribution >= 0.6 is 0 Å². The van der Waals surface area contributed by atoms with Crippen molar-refractivity contribution in [2.24, 2.45) is 11.8 Å². The lowest BCUT2D eigenvalue weighted by molar-refractivity contribution is -0.123. The lowest BCUT2D eigenvalue weighted by Gasteiger charge is -2.26. The number of carbonyl (C=O) groups excluding carboxylic acids is 1. The highest BCUT2D eigenvalue weighted by Crippen LogP contribution is 2.30. The molecule has 1 aliphatic rings. The van der Waals surface area contributed by atoms with Crippen LogP contribution in [0.25, 0.3) is 0 Å². The minimum atomic E-state index is 0.380. The summed E-state index contributed by atoms with van der Waals surface area (Å²) in [5.41, 5.74) is 0. The molecule has 0 spiro atoms. The van der Waals surface area contributed by atoms with Gasteiger partial charge in [0.2, 0.25) is 0 Å². The largest absolute Gasteiger partial charge is 0.300 e. The molecule has 1 unspecified atom stereocenters. The SMILES string of the molecule is CCC1CCCCCC[C@H]1C(C)=O. The second kappa shape index (κ2) is 5.41. The molecule has 1 fully saturated rings. The molecule has 2 atom stereocenters. The molecule has 0 amide bonds. The third-order valence-electron chi connectivity index (χ3n) is 3.46. The third kappa shape index (κ3) is 3.13. The Labute approximate surface area is 81.9 Å². The summed E-state index contributed by atoms with van der Waals surface area (Å²) in [4.78, 5) is 11.4. The number of ketones is 1. The number of rotatable bonds is 2. The van der Waals surface area contributed by atoms with Crippen molar-refractivity contribution in [3.8, 4) is 0 Å². The van der Waals surface area contributed by atoms with Gasteiger partial charge in [0.05, 0.1) is 0 Å². The van der Waals surface area contributed by atoms with Crippen LogP contribution in [0, 0.1) is 11.8 Å². The van der Waals surface area contributed by atoms with Gasteiger partial charge in [0.1, 0.15) is 5.78 Å². The fourth-order valence-electron chi connectivity index (χ4n) is 2.59. The summed E-state index contributed by atoms with van der Waals surface area (Å²) < 4.78 is 0. The Bertz CT molecular complexity index is 163. The topological polar surface area (TPSA) is 17.1 Å². The first-order chi connectivity index (χ1) is 6.25. The summed E-state index contributed by atoms with van der Waals surface area (Å²) >= 11 is 0. The number of hydrogen-bond donors (Lipinski definition) is 0. The molecule has 0 aromatic heterocycles. The molecule has 0 heterocycles. The summed E-state index contributed by atoms with van der Waals surface area (Å²) in [6.45, 7) is 4.00. The molecule has 1 rings (SSSR count). The lowest BCUT2D eigenvalue weighted by Crippen LogP contribution is -2.22. The minimum absolute atomic E-state index is 0.380. The summed E-state index contributed by atoms with van der Waals surface area (Å²) in [6.07, 6.45) is 8.92. The highest BCUT2D eigenvalue weighted by atomic mass is 16.1. The van der Waals surface area contributed by atoms with Crippen molar-refractivity contribution >= 4 is 5.78 Å². The van der Waals surface area contributed by atoms with E-state index in [-0.39, 0.29) is 0 Å². The molecule has 0 aromatic rings. The van der Waals surface area contributed by atoms with Crippen molar-refractivity contribution in [2.75, 3.05) is 0 Å².